The number of hydrazone groups is 1. The summed E-state index contributed by atoms with van der Waals surface area (Å²) in [6.45, 7) is 0. The number of aromatic nitrogens is 1. The van der Waals surface area contributed by atoms with Gasteiger partial charge in [0, 0.05) is 16.6 Å². The smallest absolute Gasteiger partial charge is 0.203 e. The molecule has 3 rings (SSSR count). The molecule has 3 aromatic rings. The van der Waals surface area contributed by atoms with Gasteiger partial charge in [-0.3, -0.25) is 5.43 Å². The van der Waals surface area contributed by atoms with Crippen molar-refractivity contribution in [1.82, 2.24) is 4.98 Å². The molecule has 0 atom stereocenters. The maximum atomic E-state index is 5.84. The fraction of sp³-hybridized carbons (Fsp3) is 0.111. The van der Waals surface area contributed by atoms with Crippen LogP contribution >= 0.6 is 34.5 Å². The summed E-state index contributed by atoms with van der Waals surface area (Å²) >= 11 is 13.2. The van der Waals surface area contributed by atoms with Crippen molar-refractivity contribution in [3.8, 4) is 11.3 Å². The molecule has 0 amide bonds. The number of alkyl halides is 2. The molecule has 1 N–H and O–H groups in total. The monoisotopic (exact) mass is 390 g/mol. The molecule has 128 valence electrons. The molecule has 4 nitrogen and oxygen atoms in total. The summed E-state index contributed by atoms with van der Waals surface area (Å²) in [7, 11) is 0. The third-order valence-corrected chi connectivity index (χ3v) is 4.82. The Kier molecular flexibility index (Phi) is 6.28. The first-order valence-electron chi connectivity index (χ1n) is 7.57. The van der Waals surface area contributed by atoms with Crippen molar-refractivity contribution < 1.29 is 0 Å². The quantitative estimate of drug-likeness (QED) is 0.252. The molecule has 0 fully saturated rings. The Morgan fingerprint density at radius 3 is 2.44 bits per heavy atom. The van der Waals surface area contributed by atoms with Crippen molar-refractivity contribution in [2.45, 2.75) is 0 Å². The first-order chi connectivity index (χ1) is 12.3. The first kappa shape index (κ1) is 17.7. The van der Waals surface area contributed by atoms with Gasteiger partial charge in [0.15, 0.2) is 0 Å². The molecule has 2 aromatic carbocycles. The van der Waals surface area contributed by atoms with Gasteiger partial charge in [0.25, 0.3) is 0 Å². The van der Waals surface area contributed by atoms with Crippen LogP contribution in [0, 0.1) is 0 Å². The molecule has 0 aliphatic heterocycles. The fourth-order valence-electron chi connectivity index (χ4n) is 2.17. The Balaban J connectivity index is 1.61. The average molecular weight is 391 g/mol. The van der Waals surface area contributed by atoms with Crippen LogP contribution in [0.3, 0.4) is 0 Å². The zero-order valence-electron chi connectivity index (χ0n) is 13.3. The highest BCUT2D eigenvalue weighted by atomic mass is 35.5. The number of halogens is 2. The van der Waals surface area contributed by atoms with Crippen molar-refractivity contribution in [2.75, 3.05) is 22.3 Å². The van der Waals surface area contributed by atoms with Crippen LogP contribution in [0.25, 0.3) is 11.3 Å². The number of thiazole rings is 1. The maximum absolute atomic E-state index is 5.84. The number of hydrogen-bond donors (Lipinski definition) is 1. The van der Waals surface area contributed by atoms with Crippen molar-refractivity contribution in [1.29, 1.82) is 0 Å². The molecule has 0 radical (unpaired) electrons. The summed E-state index contributed by atoms with van der Waals surface area (Å²) in [4.78, 5) is 6.38. The van der Waals surface area contributed by atoms with Crippen molar-refractivity contribution in [3.63, 3.8) is 0 Å². The second-order valence-electron chi connectivity index (χ2n) is 5.14. The molecule has 0 spiro atoms. The van der Waals surface area contributed by atoms with Gasteiger partial charge in [-0.25, -0.2) is 4.98 Å². The highest BCUT2D eigenvalue weighted by Gasteiger charge is 2.04. The highest BCUT2D eigenvalue weighted by Crippen LogP contribution is 2.24. The van der Waals surface area contributed by atoms with Crippen LogP contribution in [0.1, 0.15) is 5.56 Å². The topological polar surface area (TPSA) is 40.5 Å². The average Bonchev–Trinajstić information content (AvgIpc) is 3.14. The third kappa shape index (κ3) is 4.72. The molecule has 0 aliphatic carbocycles. The van der Waals surface area contributed by atoms with Crippen LogP contribution < -0.4 is 10.3 Å². The number of rotatable bonds is 7. The van der Waals surface area contributed by atoms with E-state index in [1.165, 1.54) is 11.3 Å². The van der Waals surface area contributed by atoms with Gasteiger partial charge in [0.1, 0.15) is 0 Å². The van der Waals surface area contributed by atoms with E-state index in [0.717, 1.165) is 27.6 Å². The van der Waals surface area contributed by atoms with Gasteiger partial charge < -0.3 is 4.90 Å². The standard InChI is InChI=1S/C18H16Cl2N4S/c19-12-24(13-20)16-8-6-14(7-9-16)10-21-23-18-22-17(11-25-18)15-4-2-1-3-5-15/h1-11H,12-13H2,(H,22,23). The number of hydrogen-bond acceptors (Lipinski definition) is 5. The summed E-state index contributed by atoms with van der Waals surface area (Å²) in [5.74, 6) is 0. The van der Waals surface area contributed by atoms with E-state index < -0.39 is 0 Å². The molecule has 0 saturated carbocycles. The van der Waals surface area contributed by atoms with Gasteiger partial charge in [0.2, 0.25) is 5.13 Å². The molecular weight excluding hydrogens is 375 g/mol. The lowest BCUT2D eigenvalue weighted by Crippen LogP contribution is -2.18. The van der Waals surface area contributed by atoms with E-state index in [9.17, 15) is 0 Å². The Morgan fingerprint density at radius 1 is 1.04 bits per heavy atom. The Hall–Kier alpha value is -2.08. The molecule has 0 aliphatic rings. The van der Waals surface area contributed by atoms with Gasteiger partial charge in [-0.2, -0.15) is 5.10 Å². The summed E-state index contributed by atoms with van der Waals surface area (Å²) in [5.41, 5.74) is 6.95. The zero-order valence-corrected chi connectivity index (χ0v) is 15.6. The van der Waals surface area contributed by atoms with E-state index in [1.54, 1.807) is 6.21 Å². The molecule has 25 heavy (non-hydrogen) atoms. The first-order valence-corrected chi connectivity index (χ1v) is 9.52. The highest BCUT2D eigenvalue weighted by molar-refractivity contribution is 7.14. The van der Waals surface area contributed by atoms with Crippen LogP contribution in [-0.4, -0.2) is 23.2 Å². The molecule has 0 bridgehead atoms. The molecule has 1 heterocycles. The van der Waals surface area contributed by atoms with Crippen LogP contribution in [0.15, 0.2) is 65.1 Å². The molecule has 1 aromatic heterocycles. The molecule has 0 unspecified atom stereocenters. The summed E-state index contributed by atoms with van der Waals surface area (Å²) in [6.07, 6.45) is 1.75. The summed E-state index contributed by atoms with van der Waals surface area (Å²) < 4.78 is 0. The minimum Gasteiger partial charge on any atom is -0.344 e. The van der Waals surface area contributed by atoms with Gasteiger partial charge in [-0.05, 0) is 17.7 Å². The van der Waals surface area contributed by atoms with Gasteiger partial charge in [0.05, 0.1) is 23.9 Å². The fourth-order valence-corrected chi connectivity index (χ4v) is 3.37. The van der Waals surface area contributed by atoms with Crippen LogP contribution in [-0.2, 0) is 0 Å². The van der Waals surface area contributed by atoms with E-state index in [0.29, 0.717) is 12.0 Å². The van der Waals surface area contributed by atoms with Crippen LogP contribution in [0.2, 0.25) is 0 Å². The van der Waals surface area contributed by atoms with Gasteiger partial charge in [-0.1, -0.05) is 42.5 Å². The predicted molar refractivity (Wildman–Crippen MR) is 109 cm³/mol. The van der Waals surface area contributed by atoms with Crippen molar-refractivity contribution >= 4 is 51.6 Å². The summed E-state index contributed by atoms with van der Waals surface area (Å²) in [6, 6.07) is 18.6. The third-order valence-electron chi connectivity index (χ3n) is 3.49. The number of nitrogens with one attached hydrogen (secondary N) is 1. The van der Waals surface area contributed by atoms with Crippen LogP contribution in [0.4, 0.5) is 10.8 Å². The Bertz CT molecular complexity index is 815. The van der Waals surface area contributed by atoms with E-state index in [4.69, 9.17) is 23.2 Å². The lowest BCUT2D eigenvalue weighted by atomic mass is 10.2. The van der Waals surface area contributed by atoms with Crippen molar-refractivity contribution in [3.05, 3.63) is 65.5 Å². The SMILES string of the molecule is ClCN(CCl)c1ccc(C=NNc2nc(-c3ccccc3)cs2)cc1. The molecular formula is C18H16Cl2N4S. The minimum absolute atomic E-state index is 0.353. The van der Waals surface area contributed by atoms with E-state index in [1.807, 2.05) is 64.9 Å². The maximum Gasteiger partial charge on any atom is 0.203 e. The van der Waals surface area contributed by atoms with E-state index in [2.05, 4.69) is 15.5 Å². The summed E-state index contributed by atoms with van der Waals surface area (Å²) in [5, 5.41) is 7.00. The number of benzene rings is 2. The number of anilines is 2. The predicted octanol–water partition coefficient (Wildman–Crippen LogP) is 5.46. The van der Waals surface area contributed by atoms with E-state index >= 15 is 0 Å². The molecule has 7 heteroatoms. The molecule has 0 saturated heterocycles. The normalized spacial score (nSPS) is 11.0. The Labute approximate surface area is 160 Å². The number of nitrogens with zero attached hydrogens (tertiary/aromatic N) is 3. The lowest BCUT2D eigenvalue weighted by molar-refractivity contribution is 1.05. The Morgan fingerprint density at radius 2 is 1.76 bits per heavy atom. The largest absolute Gasteiger partial charge is 0.344 e. The second-order valence-corrected chi connectivity index (χ2v) is 6.48. The minimum atomic E-state index is 0.353. The van der Waals surface area contributed by atoms with Crippen molar-refractivity contribution in [2.24, 2.45) is 5.10 Å². The second kappa shape index (κ2) is 8.85. The van der Waals surface area contributed by atoms with Crippen LogP contribution in [0.5, 0.6) is 0 Å². The zero-order chi connectivity index (χ0) is 17.5. The van der Waals surface area contributed by atoms with Gasteiger partial charge >= 0.3 is 0 Å². The van der Waals surface area contributed by atoms with E-state index in [-0.39, 0.29) is 0 Å². The lowest BCUT2D eigenvalue weighted by Gasteiger charge is -2.18. The van der Waals surface area contributed by atoms with Gasteiger partial charge in [-0.15, -0.1) is 34.5 Å².